The molecule has 2 heterocycles. The molecule has 0 radical (unpaired) electrons. The number of amides is 2. The number of halogens is 1. The third-order valence-electron chi connectivity index (χ3n) is 6.35. The third kappa shape index (κ3) is 4.11. The molecule has 2 fully saturated rings. The molecule has 7 nitrogen and oxygen atoms in total. The smallest absolute Gasteiger partial charge is 0.257 e. The highest BCUT2D eigenvalue weighted by atomic mass is 35.5. The number of nitrogens with one attached hydrogen (secondary N) is 1. The molecular weight excluding hydrogens is 440 g/mol. The Morgan fingerprint density at radius 1 is 1.06 bits per heavy atom. The second-order valence-corrected chi connectivity index (χ2v) is 10.9. The molecule has 2 amide bonds. The van der Waals surface area contributed by atoms with Crippen molar-refractivity contribution >= 4 is 33.3 Å². The van der Waals surface area contributed by atoms with Gasteiger partial charge in [-0.25, -0.2) is 8.42 Å². The number of furan rings is 1. The minimum Gasteiger partial charge on any atom is -0.472 e. The molecule has 1 saturated carbocycles. The van der Waals surface area contributed by atoms with Crippen LogP contribution in [0.4, 0.5) is 0 Å². The lowest BCUT2D eigenvalue weighted by Crippen LogP contribution is -2.55. The van der Waals surface area contributed by atoms with E-state index in [1.807, 2.05) is 0 Å². The summed E-state index contributed by atoms with van der Waals surface area (Å²) in [5, 5.41) is 3.43. The first-order valence-electron chi connectivity index (χ1n) is 10.5. The molecule has 31 heavy (non-hydrogen) atoms. The van der Waals surface area contributed by atoms with Crippen LogP contribution in [-0.4, -0.2) is 49.0 Å². The first-order valence-corrected chi connectivity index (χ1v) is 12.3. The van der Waals surface area contributed by atoms with Gasteiger partial charge in [0.2, 0.25) is 5.91 Å². The van der Waals surface area contributed by atoms with E-state index < -0.39 is 20.5 Å². The molecular formula is C22H25ClN2O5S. The van der Waals surface area contributed by atoms with Crippen LogP contribution < -0.4 is 5.32 Å². The van der Waals surface area contributed by atoms with Crippen LogP contribution in [0.5, 0.6) is 0 Å². The molecule has 1 aromatic heterocycles. The fourth-order valence-corrected chi connectivity index (χ4v) is 6.72. The monoisotopic (exact) mass is 464 g/mol. The summed E-state index contributed by atoms with van der Waals surface area (Å²) in [5.41, 5.74) is 0.501. The number of hydrogen-bond acceptors (Lipinski definition) is 5. The number of sulfone groups is 1. The number of carbonyl (C=O) groups is 2. The summed E-state index contributed by atoms with van der Waals surface area (Å²) in [4.78, 5) is 27.6. The molecule has 0 spiro atoms. The van der Waals surface area contributed by atoms with Crippen LogP contribution in [0.25, 0.3) is 0 Å². The zero-order chi connectivity index (χ0) is 22.1. The van der Waals surface area contributed by atoms with Gasteiger partial charge in [0.1, 0.15) is 6.26 Å². The van der Waals surface area contributed by atoms with Crippen molar-refractivity contribution in [1.82, 2.24) is 10.2 Å². The first kappa shape index (κ1) is 21.9. The van der Waals surface area contributed by atoms with E-state index in [0.717, 1.165) is 0 Å². The Kier molecular flexibility index (Phi) is 6.12. The predicted molar refractivity (Wildman–Crippen MR) is 116 cm³/mol. The summed E-state index contributed by atoms with van der Waals surface area (Å²) in [6.07, 6.45) is 6.03. The number of hydrogen-bond donors (Lipinski definition) is 1. The van der Waals surface area contributed by atoms with E-state index in [4.69, 9.17) is 16.0 Å². The van der Waals surface area contributed by atoms with Crippen molar-refractivity contribution in [2.45, 2.75) is 54.2 Å². The molecule has 2 aromatic rings. The average molecular weight is 465 g/mol. The van der Waals surface area contributed by atoms with E-state index in [-0.39, 0.29) is 16.8 Å². The lowest BCUT2D eigenvalue weighted by atomic mass is 10.0. The van der Waals surface area contributed by atoms with E-state index in [0.29, 0.717) is 62.2 Å². The topological polar surface area (TPSA) is 96.7 Å². The second kappa shape index (κ2) is 8.67. The van der Waals surface area contributed by atoms with Crippen LogP contribution in [0.2, 0.25) is 5.02 Å². The van der Waals surface area contributed by atoms with Crippen molar-refractivity contribution in [3.05, 3.63) is 53.4 Å². The van der Waals surface area contributed by atoms with E-state index in [1.165, 1.54) is 36.8 Å². The van der Waals surface area contributed by atoms with Gasteiger partial charge in [0.05, 0.1) is 16.7 Å². The Balaban J connectivity index is 1.45. The Labute approximate surface area is 186 Å². The maximum absolute atomic E-state index is 13.5. The molecule has 1 aliphatic heterocycles. The molecule has 2 aliphatic rings. The van der Waals surface area contributed by atoms with Gasteiger partial charge in [0, 0.05) is 24.2 Å². The van der Waals surface area contributed by atoms with Crippen molar-refractivity contribution in [3.63, 3.8) is 0 Å². The zero-order valence-corrected chi connectivity index (χ0v) is 18.6. The van der Waals surface area contributed by atoms with Gasteiger partial charge >= 0.3 is 0 Å². The highest BCUT2D eigenvalue weighted by Crippen LogP contribution is 2.41. The Morgan fingerprint density at radius 2 is 1.71 bits per heavy atom. The summed E-state index contributed by atoms with van der Waals surface area (Å²) in [7, 11) is -3.87. The first-order chi connectivity index (χ1) is 14.8. The number of benzene rings is 1. The zero-order valence-electron chi connectivity index (χ0n) is 17.1. The SMILES string of the molecule is O=C(c1ccoc1)N1CCC(NC(=O)C2(S(=O)(=O)c3ccc(Cl)cc3)CCCC2)CC1. The van der Waals surface area contributed by atoms with Crippen molar-refractivity contribution in [1.29, 1.82) is 0 Å². The van der Waals surface area contributed by atoms with Gasteiger partial charge in [-0.05, 0) is 56.0 Å². The fourth-order valence-electron chi connectivity index (χ4n) is 4.52. The largest absolute Gasteiger partial charge is 0.472 e. The molecule has 0 unspecified atom stereocenters. The molecule has 1 aromatic carbocycles. The van der Waals surface area contributed by atoms with Gasteiger partial charge in [0.15, 0.2) is 14.6 Å². The van der Waals surface area contributed by atoms with E-state index >= 15 is 0 Å². The van der Waals surface area contributed by atoms with Crippen LogP contribution >= 0.6 is 11.6 Å². The average Bonchev–Trinajstić information content (AvgIpc) is 3.47. The number of piperidine rings is 1. The molecule has 1 aliphatic carbocycles. The summed E-state index contributed by atoms with van der Waals surface area (Å²) in [6.45, 7) is 0.984. The van der Waals surface area contributed by atoms with Crippen molar-refractivity contribution in [2.75, 3.05) is 13.1 Å². The molecule has 166 valence electrons. The van der Waals surface area contributed by atoms with Gasteiger partial charge in [-0.1, -0.05) is 24.4 Å². The Morgan fingerprint density at radius 3 is 2.29 bits per heavy atom. The van der Waals surface area contributed by atoms with Gasteiger partial charge in [0.25, 0.3) is 5.91 Å². The quantitative estimate of drug-likeness (QED) is 0.731. The van der Waals surface area contributed by atoms with Crippen molar-refractivity contribution in [3.8, 4) is 0 Å². The molecule has 1 N–H and O–H groups in total. The molecule has 1 saturated heterocycles. The van der Waals surface area contributed by atoms with Gasteiger partial charge < -0.3 is 14.6 Å². The third-order valence-corrected chi connectivity index (χ3v) is 9.12. The minimum absolute atomic E-state index is 0.101. The van der Waals surface area contributed by atoms with E-state index in [1.54, 1.807) is 11.0 Å². The van der Waals surface area contributed by atoms with Crippen LogP contribution in [0, 0.1) is 0 Å². The summed E-state index contributed by atoms with van der Waals surface area (Å²) in [6, 6.07) is 7.44. The van der Waals surface area contributed by atoms with Gasteiger partial charge in [-0.15, -0.1) is 0 Å². The van der Waals surface area contributed by atoms with Gasteiger partial charge in [-0.3, -0.25) is 9.59 Å². The number of rotatable bonds is 5. The number of carbonyl (C=O) groups excluding carboxylic acids is 2. The number of likely N-dealkylation sites (tertiary alicyclic amines) is 1. The Bertz CT molecular complexity index is 1040. The highest BCUT2D eigenvalue weighted by molar-refractivity contribution is 7.93. The Hall–Kier alpha value is -2.32. The van der Waals surface area contributed by atoms with E-state index in [2.05, 4.69) is 5.32 Å². The fraction of sp³-hybridized carbons (Fsp3) is 0.455. The van der Waals surface area contributed by atoms with Crippen LogP contribution in [-0.2, 0) is 14.6 Å². The van der Waals surface area contributed by atoms with Crippen LogP contribution in [0.3, 0.4) is 0 Å². The van der Waals surface area contributed by atoms with E-state index in [9.17, 15) is 18.0 Å². The molecule has 9 heteroatoms. The summed E-state index contributed by atoms with van der Waals surface area (Å²) < 4.78 is 30.4. The molecule has 0 bridgehead atoms. The lowest BCUT2D eigenvalue weighted by Gasteiger charge is -2.35. The standard InChI is InChI=1S/C22H25ClN2O5S/c23-17-3-5-19(6-4-17)31(28,29)22(10-1-2-11-22)21(27)24-18-7-12-25(13-8-18)20(26)16-9-14-30-15-16/h3-6,9,14-15,18H,1-2,7-8,10-13H2,(H,24,27). The highest BCUT2D eigenvalue weighted by Gasteiger charge is 2.53. The van der Waals surface area contributed by atoms with Crippen molar-refractivity contribution < 1.29 is 22.4 Å². The number of nitrogens with zero attached hydrogens (tertiary/aromatic N) is 1. The maximum Gasteiger partial charge on any atom is 0.257 e. The molecule has 0 atom stereocenters. The summed E-state index contributed by atoms with van der Waals surface area (Å²) in [5.74, 6) is -0.532. The lowest BCUT2D eigenvalue weighted by molar-refractivity contribution is -0.124. The second-order valence-electron chi connectivity index (χ2n) is 8.21. The normalized spacial score (nSPS) is 19.3. The van der Waals surface area contributed by atoms with Crippen molar-refractivity contribution in [2.24, 2.45) is 0 Å². The van der Waals surface area contributed by atoms with Crippen LogP contribution in [0.15, 0.2) is 52.2 Å². The van der Waals surface area contributed by atoms with Gasteiger partial charge in [-0.2, -0.15) is 0 Å². The maximum atomic E-state index is 13.5. The van der Waals surface area contributed by atoms with Crippen LogP contribution in [0.1, 0.15) is 48.9 Å². The minimum atomic E-state index is -3.87. The predicted octanol–water partition coefficient (Wildman–Crippen LogP) is 3.44. The molecule has 4 rings (SSSR count). The summed E-state index contributed by atoms with van der Waals surface area (Å²) >= 11 is 5.91.